The second-order valence-corrected chi connectivity index (χ2v) is 11.6. The summed E-state index contributed by atoms with van der Waals surface area (Å²) >= 11 is 3.35. The van der Waals surface area contributed by atoms with Gasteiger partial charge in [0.2, 0.25) is 17.8 Å². The lowest BCUT2D eigenvalue weighted by Gasteiger charge is -2.27. The van der Waals surface area contributed by atoms with Crippen molar-refractivity contribution in [1.29, 1.82) is 0 Å². The highest BCUT2D eigenvalue weighted by atomic mass is 79.9. The summed E-state index contributed by atoms with van der Waals surface area (Å²) < 4.78 is 2.16. The van der Waals surface area contributed by atoms with Crippen LogP contribution in [0.5, 0.6) is 0 Å². The van der Waals surface area contributed by atoms with Gasteiger partial charge in [0.25, 0.3) is 0 Å². The topological polar surface area (TPSA) is 149 Å². The Kier molecular flexibility index (Phi) is 6.17. The lowest BCUT2D eigenvalue weighted by Crippen LogP contribution is -2.47. The first kappa shape index (κ1) is 26.1. The van der Waals surface area contributed by atoms with Crippen molar-refractivity contribution in [3.8, 4) is 11.1 Å². The molecule has 4 heterocycles. The lowest BCUT2D eigenvalue weighted by atomic mass is 10.0. The quantitative estimate of drug-likeness (QED) is 0.250. The van der Waals surface area contributed by atoms with E-state index < -0.39 is 6.04 Å². The smallest absolute Gasteiger partial charge is 0.248 e. The minimum atomic E-state index is -0.623. The molecular weight excluding hydrogens is 576 g/mol. The molecule has 6 rings (SSSR count). The number of pyridine rings is 1. The standard InChI is InChI=1S/C28H27BrN8O3/c1-14-4-7-22(29)33-25(14)34-26(40)20-9-28(3)10-21(28)37(20)23(39)13-36-19-6-5-16(17-11-31-27(30)32-12-17)8-18(19)24(35-36)15(2)38/h4-8,11-12,20-21H,9-10,13H2,1-3H3,(H2,30,31,32)(H,33,34,40)/t20-,21+,28?/m0/s1. The van der Waals surface area contributed by atoms with E-state index in [1.807, 2.05) is 37.3 Å². The van der Waals surface area contributed by atoms with E-state index in [4.69, 9.17) is 5.73 Å². The summed E-state index contributed by atoms with van der Waals surface area (Å²) in [5.74, 6) is -0.0679. The lowest BCUT2D eigenvalue weighted by molar-refractivity contribution is -0.138. The van der Waals surface area contributed by atoms with Crippen molar-refractivity contribution in [2.45, 2.75) is 52.2 Å². The number of anilines is 2. The summed E-state index contributed by atoms with van der Waals surface area (Å²) in [4.78, 5) is 53.8. The molecule has 11 nitrogen and oxygen atoms in total. The average Bonchev–Trinajstić information content (AvgIpc) is 3.28. The van der Waals surface area contributed by atoms with Gasteiger partial charge >= 0.3 is 0 Å². The van der Waals surface area contributed by atoms with Crippen molar-refractivity contribution in [1.82, 2.24) is 29.6 Å². The summed E-state index contributed by atoms with van der Waals surface area (Å²) in [5, 5.41) is 8.05. The van der Waals surface area contributed by atoms with Gasteiger partial charge in [-0.2, -0.15) is 5.10 Å². The molecule has 3 atom stereocenters. The normalized spacial score (nSPS) is 21.4. The van der Waals surface area contributed by atoms with Crippen LogP contribution in [0.3, 0.4) is 0 Å². The van der Waals surface area contributed by atoms with Crippen LogP contribution in [0, 0.1) is 12.3 Å². The second-order valence-electron chi connectivity index (χ2n) is 10.8. The Hall–Kier alpha value is -4.19. The number of nitrogens with zero attached hydrogens (tertiary/aromatic N) is 6. The molecule has 1 saturated carbocycles. The third-order valence-corrected chi connectivity index (χ3v) is 8.35. The molecule has 12 heteroatoms. The van der Waals surface area contributed by atoms with Crippen LogP contribution in [0.4, 0.5) is 11.8 Å². The van der Waals surface area contributed by atoms with Crippen LogP contribution in [0.2, 0.25) is 0 Å². The van der Waals surface area contributed by atoms with Gasteiger partial charge in [-0.05, 0) is 70.4 Å². The zero-order valence-electron chi connectivity index (χ0n) is 22.2. The number of benzene rings is 1. The van der Waals surface area contributed by atoms with E-state index in [1.165, 1.54) is 6.92 Å². The van der Waals surface area contributed by atoms with Crippen LogP contribution in [0.15, 0.2) is 47.3 Å². The molecule has 0 radical (unpaired) electrons. The van der Waals surface area contributed by atoms with Crippen LogP contribution < -0.4 is 11.1 Å². The van der Waals surface area contributed by atoms with E-state index in [0.717, 1.165) is 23.1 Å². The molecule has 40 heavy (non-hydrogen) atoms. The maximum atomic E-state index is 13.8. The van der Waals surface area contributed by atoms with Crippen molar-refractivity contribution >= 4 is 56.2 Å². The fourth-order valence-corrected chi connectivity index (χ4v) is 5.94. The number of aromatic nitrogens is 5. The molecule has 204 valence electrons. The van der Waals surface area contributed by atoms with Crippen LogP contribution in [0.25, 0.3) is 22.0 Å². The van der Waals surface area contributed by atoms with E-state index in [0.29, 0.717) is 27.7 Å². The molecule has 1 aliphatic heterocycles. The number of amides is 2. The number of nitrogens with one attached hydrogen (secondary N) is 1. The van der Waals surface area contributed by atoms with Crippen molar-refractivity contribution < 1.29 is 14.4 Å². The van der Waals surface area contributed by atoms with Gasteiger partial charge in [-0.15, -0.1) is 0 Å². The van der Waals surface area contributed by atoms with Gasteiger partial charge in [-0.25, -0.2) is 15.0 Å². The van der Waals surface area contributed by atoms with E-state index in [1.54, 1.807) is 22.0 Å². The number of ketones is 1. The third-order valence-electron chi connectivity index (χ3n) is 7.90. The fraction of sp³-hybridized carbons (Fsp3) is 0.321. The van der Waals surface area contributed by atoms with Gasteiger partial charge in [-0.3, -0.25) is 19.1 Å². The summed E-state index contributed by atoms with van der Waals surface area (Å²) in [5.41, 5.74) is 8.79. The minimum absolute atomic E-state index is 0.0152. The van der Waals surface area contributed by atoms with Gasteiger partial charge < -0.3 is 16.0 Å². The highest BCUT2D eigenvalue weighted by Gasteiger charge is 2.64. The van der Waals surface area contributed by atoms with Gasteiger partial charge in [0.05, 0.1) is 5.52 Å². The van der Waals surface area contributed by atoms with E-state index in [2.05, 4.69) is 48.2 Å². The Morgan fingerprint density at radius 3 is 2.60 bits per heavy atom. The summed E-state index contributed by atoms with van der Waals surface area (Å²) in [7, 11) is 0. The monoisotopic (exact) mass is 602 g/mol. The summed E-state index contributed by atoms with van der Waals surface area (Å²) in [6.45, 7) is 5.32. The molecule has 4 aromatic rings. The minimum Gasteiger partial charge on any atom is -0.368 e. The third kappa shape index (κ3) is 4.51. The summed E-state index contributed by atoms with van der Waals surface area (Å²) in [6.07, 6.45) is 4.65. The zero-order chi connectivity index (χ0) is 28.3. The molecule has 1 aromatic carbocycles. The number of halogens is 1. The van der Waals surface area contributed by atoms with Crippen LogP contribution in [0.1, 0.15) is 42.7 Å². The molecule has 1 unspecified atom stereocenters. The first-order chi connectivity index (χ1) is 19.0. The number of Topliss-reactive ketones (excluding diaryl/α,β-unsaturated/α-hetero) is 1. The maximum absolute atomic E-state index is 13.8. The van der Waals surface area contributed by atoms with Crippen molar-refractivity contribution in [3.05, 3.63) is 58.6 Å². The van der Waals surface area contributed by atoms with Gasteiger partial charge in [0.15, 0.2) is 5.78 Å². The molecule has 2 fully saturated rings. The number of rotatable bonds is 6. The molecule has 0 spiro atoms. The predicted octanol–water partition coefficient (Wildman–Crippen LogP) is 3.76. The number of likely N-dealkylation sites (tertiary alicyclic amines) is 1. The number of fused-ring (bicyclic) bond motifs is 2. The van der Waals surface area contributed by atoms with Gasteiger partial charge in [-0.1, -0.05) is 19.1 Å². The maximum Gasteiger partial charge on any atom is 0.248 e. The Morgan fingerprint density at radius 2 is 1.88 bits per heavy atom. The number of nitrogen functional groups attached to an aromatic ring is 1. The molecule has 3 aromatic heterocycles. The highest BCUT2D eigenvalue weighted by molar-refractivity contribution is 9.10. The van der Waals surface area contributed by atoms with Gasteiger partial charge in [0.1, 0.15) is 28.7 Å². The predicted molar refractivity (Wildman–Crippen MR) is 152 cm³/mol. The van der Waals surface area contributed by atoms with Crippen molar-refractivity contribution in [3.63, 3.8) is 0 Å². The van der Waals surface area contributed by atoms with Crippen molar-refractivity contribution in [2.24, 2.45) is 5.41 Å². The SMILES string of the molecule is CC(=O)c1nn(CC(=O)N2[C@H](C(=O)Nc3nc(Br)ccc3C)CC3(C)C[C@@H]23)c2ccc(-c3cnc(N)nc3)cc12. The zero-order valence-corrected chi connectivity index (χ0v) is 23.8. The number of carbonyl (C=O) groups excluding carboxylic acids is 3. The number of nitrogens with two attached hydrogens (primary N) is 1. The molecular formula is C28H27BrN8O3. The molecule has 2 aliphatic rings. The Bertz CT molecular complexity index is 1700. The number of carbonyl (C=O) groups is 3. The van der Waals surface area contributed by atoms with Crippen LogP contribution in [-0.2, 0) is 16.1 Å². The van der Waals surface area contributed by atoms with Crippen LogP contribution in [-0.4, -0.2) is 59.3 Å². The van der Waals surface area contributed by atoms with Crippen LogP contribution >= 0.6 is 15.9 Å². The largest absolute Gasteiger partial charge is 0.368 e. The second kappa shape index (κ2) is 9.47. The van der Waals surface area contributed by atoms with E-state index in [9.17, 15) is 14.4 Å². The molecule has 3 N–H and O–H groups in total. The van der Waals surface area contributed by atoms with E-state index >= 15 is 0 Å². The van der Waals surface area contributed by atoms with E-state index in [-0.39, 0.29) is 47.2 Å². The Balaban J connectivity index is 1.29. The number of aryl methyl sites for hydroxylation is 1. The summed E-state index contributed by atoms with van der Waals surface area (Å²) in [6, 6.07) is 8.56. The molecule has 1 saturated heterocycles. The Labute approximate surface area is 238 Å². The number of piperidine rings is 1. The first-order valence-electron chi connectivity index (χ1n) is 12.9. The molecule has 2 amide bonds. The average molecular weight is 603 g/mol. The first-order valence-corrected chi connectivity index (χ1v) is 13.7. The molecule has 0 bridgehead atoms. The number of hydrogen-bond donors (Lipinski definition) is 2. The highest BCUT2D eigenvalue weighted by Crippen LogP contribution is 2.59. The van der Waals surface area contributed by atoms with Gasteiger partial charge in [0, 0.05) is 36.3 Å². The number of hydrogen-bond acceptors (Lipinski definition) is 8. The molecule has 1 aliphatic carbocycles. The fourth-order valence-electron chi connectivity index (χ4n) is 5.63. The van der Waals surface area contributed by atoms with Crippen molar-refractivity contribution in [2.75, 3.05) is 11.1 Å². The Morgan fingerprint density at radius 1 is 1.12 bits per heavy atom.